The van der Waals surface area contributed by atoms with Crippen LogP contribution in [0.4, 0.5) is 5.69 Å². The summed E-state index contributed by atoms with van der Waals surface area (Å²) in [5.74, 6) is -1.22. The van der Waals surface area contributed by atoms with Crippen molar-refractivity contribution in [1.29, 1.82) is 0 Å². The Kier molecular flexibility index (Phi) is 5.48. The molecule has 3 aromatic rings. The number of ketones is 1. The van der Waals surface area contributed by atoms with Crippen molar-refractivity contribution in [3.63, 3.8) is 0 Å². The zero-order chi connectivity index (χ0) is 22.1. The zero-order valence-corrected chi connectivity index (χ0v) is 17.6. The summed E-state index contributed by atoms with van der Waals surface area (Å²) in [6.07, 6.45) is 1.58. The lowest BCUT2D eigenvalue weighted by atomic mass is 9.98. The summed E-state index contributed by atoms with van der Waals surface area (Å²) in [6, 6.07) is 16.0. The molecule has 1 unspecified atom stereocenters. The number of nitrogens with zero attached hydrogens (tertiary/aromatic N) is 2. The number of carbonyl (C=O) groups is 2. The van der Waals surface area contributed by atoms with Crippen LogP contribution in [0.2, 0.25) is 5.02 Å². The van der Waals surface area contributed by atoms with Gasteiger partial charge in [-0.05, 0) is 61.0 Å². The van der Waals surface area contributed by atoms with Gasteiger partial charge in [-0.2, -0.15) is 0 Å². The molecule has 1 aromatic heterocycles. The average molecular weight is 435 g/mol. The van der Waals surface area contributed by atoms with E-state index in [0.29, 0.717) is 27.7 Å². The Morgan fingerprint density at radius 2 is 1.84 bits per heavy atom. The quantitative estimate of drug-likeness (QED) is 0.366. The maximum absolute atomic E-state index is 13.1. The molecule has 1 N–H and O–H groups in total. The van der Waals surface area contributed by atoms with Gasteiger partial charge in [0.05, 0.1) is 18.4 Å². The topological polar surface area (TPSA) is 79.7 Å². The number of anilines is 1. The summed E-state index contributed by atoms with van der Waals surface area (Å²) in [5, 5.41) is 11.5. The molecule has 0 radical (unpaired) electrons. The Labute approximate surface area is 184 Å². The molecule has 2 heterocycles. The van der Waals surface area contributed by atoms with Gasteiger partial charge in [0, 0.05) is 22.5 Å². The van der Waals surface area contributed by atoms with Crippen LogP contribution in [-0.2, 0) is 9.59 Å². The van der Waals surface area contributed by atoms with Gasteiger partial charge in [-0.3, -0.25) is 19.5 Å². The Hall–Kier alpha value is -3.64. The van der Waals surface area contributed by atoms with Gasteiger partial charge < -0.3 is 9.84 Å². The van der Waals surface area contributed by atoms with Crippen LogP contribution in [0.3, 0.4) is 0 Å². The smallest absolute Gasteiger partial charge is 0.300 e. The minimum Gasteiger partial charge on any atom is -0.507 e. The van der Waals surface area contributed by atoms with E-state index in [1.165, 1.54) is 12.0 Å². The molecule has 7 heteroatoms. The van der Waals surface area contributed by atoms with Gasteiger partial charge in [-0.1, -0.05) is 23.7 Å². The van der Waals surface area contributed by atoms with Gasteiger partial charge in [0.2, 0.25) is 0 Å². The number of carbonyl (C=O) groups excluding carboxylic acids is 2. The number of amides is 1. The third-order valence-corrected chi connectivity index (χ3v) is 5.44. The van der Waals surface area contributed by atoms with Crippen LogP contribution in [0.5, 0.6) is 5.75 Å². The minimum atomic E-state index is -0.902. The van der Waals surface area contributed by atoms with Crippen molar-refractivity contribution in [2.75, 3.05) is 12.0 Å². The van der Waals surface area contributed by atoms with Crippen LogP contribution in [0.15, 0.2) is 72.4 Å². The Morgan fingerprint density at radius 3 is 2.48 bits per heavy atom. The summed E-state index contributed by atoms with van der Waals surface area (Å²) >= 11 is 6.18. The lowest BCUT2D eigenvalue weighted by molar-refractivity contribution is -0.132. The molecule has 0 saturated carbocycles. The summed E-state index contributed by atoms with van der Waals surface area (Å²) in [4.78, 5) is 32.0. The van der Waals surface area contributed by atoms with E-state index in [-0.39, 0.29) is 11.3 Å². The molecule has 0 bridgehead atoms. The highest BCUT2D eigenvalue weighted by Gasteiger charge is 2.48. The van der Waals surface area contributed by atoms with Crippen LogP contribution < -0.4 is 9.64 Å². The Bertz CT molecular complexity index is 1190. The fraction of sp³-hybridized carbons (Fsp3) is 0.125. The summed E-state index contributed by atoms with van der Waals surface area (Å²) < 4.78 is 5.15. The number of ether oxygens (including phenoxy) is 1. The number of benzene rings is 2. The standard InChI is InChI=1S/C24H19ClN2O4/c1-14-6-9-16(25)13-19(14)27-21(18-5-3-4-12-26-18)20(23(29)24(27)30)22(28)15-7-10-17(31-2)11-8-15/h3-13,21,28H,1-2H3/b22-20+. The van der Waals surface area contributed by atoms with Crippen molar-refractivity contribution in [3.8, 4) is 5.75 Å². The minimum absolute atomic E-state index is 0.0340. The lowest BCUT2D eigenvalue weighted by Gasteiger charge is -2.26. The van der Waals surface area contributed by atoms with E-state index in [4.69, 9.17) is 16.3 Å². The second-order valence-electron chi connectivity index (χ2n) is 7.08. The third-order valence-electron chi connectivity index (χ3n) is 5.21. The number of hydrogen-bond donors (Lipinski definition) is 1. The van der Waals surface area contributed by atoms with Crippen LogP contribution in [-0.4, -0.2) is 28.9 Å². The van der Waals surface area contributed by atoms with Crippen LogP contribution in [0, 0.1) is 6.92 Å². The molecule has 1 fully saturated rings. The molecule has 31 heavy (non-hydrogen) atoms. The molecule has 1 saturated heterocycles. The second-order valence-corrected chi connectivity index (χ2v) is 7.52. The van der Waals surface area contributed by atoms with E-state index in [2.05, 4.69) is 4.98 Å². The van der Waals surface area contributed by atoms with E-state index in [1.54, 1.807) is 66.9 Å². The monoisotopic (exact) mass is 434 g/mol. The van der Waals surface area contributed by atoms with Crippen molar-refractivity contribution in [1.82, 2.24) is 4.98 Å². The maximum atomic E-state index is 13.1. The number of Topliss-reactive ketones (excluding diaryl/α,β-unsaturated/α-hetero) is 1. The van der Waals surface area contributed by atoms with E-state index >= 15 is 0 Å². The number of methoxy groups -OCH3 is 1. The number of aromatic nitrogens is 1. The van der Waals surface area contributed by atoms with Crippen molar-refractivity contribution in [2.45, 2.75) is 13.0 Å². The van der Waals surface area contributed by atoms with Crippen LogP contribution >= 0.6 is 11.6 Å². The van der Waals surface area contributed by atoms with E-state index in [9.17, 15) is 14.7 Å². The van der Waals surface area contributed by atoms with Crippen molar-refractivity contribution < 1.29 is 19.4 Å². The van der Waals surface area contributed by atoms with Crippen LogP contribution in [0.25, 0.3) is 5.76 Å². The van der Waals surface area contributed by atoms with E-state index < -0.39 is 17.7 Å². The SMILES string of the molecule is COc1ccc(/C(O)=C2\C(=O)C(=O)N(c3cc(Cl)ccc3C)C2c2ccccn2)cc1. The lowest BCUT2D eigenvalue weighted by Crippen LogP contribution is -2.30. The van der Waals surface area contributed by atoms with Crippen molar-refractivity contribution >= 4 is 34.7 Å². The number of aryl methyl sites for hydroxylation is 1. The average Bonchev–Trinajstić information content (AvgIpc) is 3.06. The molecular formula is C24H19ClN2O4. The predicted molar refractivity (Wildman–Crippen MR) is 118 cm³/mol. The summed E-state index contributed by atoms with van der Waals surface area (Å²) in [7, 11) is 1.54. The number of rotatable bonds is 4. The molecule has 2 aromatic carbocycles. The van der Waals surface area contributed by atoms with Gasteiger partial charge >= 0.3 is 0 Å². The molecule has 0 spiro atoms. The first-order valence-corrected chi connectivity index (χ1v) is 9.92. The Balaban J connectivity index is 1.94. The molecule has 1 aliphatic rings. The fourth-order valence-electron chi connectivity index (χ4n) is 3.64. The first kappa shape index (κ1) is 20.6. The zero-order valence-electron chi connectivity index (χ0n) is 16.9. The highest BCUT2D eigenvalue weighted by molar-refractivity contribution is 6.52. The van der Waals surface area contributed by atoms with Crippen molar-refractivity contribution in [2.24, 2.45) is 0 Å². The predicted octanol–water partition coefficient (Wildman–Crippen LogP) is 4.68. The van der Waals surface area contributed by atoms with Crippen LogP contribution in [0.1, 0.15) is 22.9 Å². The summed E-state index contributed by atoms with van der Waals surface area (Å²) in [5.41, 5.74) is 2.06. The van der Waals surface area contributed by atoms with Gasteiger partial charge in [0.25, 0.3) is 11.7 Å². The maximum Gasteiger partial charge on any atom is 0.300 e. The highest BCUT2D eigenvalue weighted by atomic mass is 35.5. The molecule has 4 rings (SSSR count). The number of halogens is 1. The third kappa shape index (κ3) is 3.66. The first-order chi connectivity index (χ1) is 14.9. The first-order valence-electron chi connectivity index (χ1n) is 9.55. The molecule has 1 atom stereocenters. The van der Waals surface area contributed by atoms with Crippen molar-refractivity contribution in [3.05, 3.63) is 94.3 Å². The van der Waals surface area contributed by atoms with E-state index in [0.717, 1.165) is 5.56 Å². The van der Waals surface area contributed by atoms with Gasteiger partial charge in [0.15, 0.2) is 0 Å². The van der Waals surface area contributed by atoms with Gasteiger partial charge in [0.1, 0.15) is 17.6 Å². The molecule has 156 valence electrons. The number of aliphatic hydroxyl groups excluding tert-OH is 1. The fourth-order valence-corrected chi connectivity index (χ4v) is 3.81. The number of hydrogen-bond acceptors (Lipinski definition) is 5. The highest BCUT2D eigenvalue weighted by Crippen LogP contribution is 2.43. The number of aliphatic hydroxyl groups is 1. The van der Waals surface area contributed by atoms with Gasteiger partial charge in [-0.25, -0.2) is 0 Å². The second kappa shape index (κ2) is 8.24. The largest absolute Gasteiger partial charge is 0.507 e. The molecular weight excluding hydrogens is 416 g/mol. The molecule has 6 nitrogen and oxygen atoms in total. The van der Waals surface area contributed by atoms with E-state index in [1.807, 2.05) is 6.92 Å². The molecule has 1 aliphatic heterocycles. The molecule has 0 aliphatic carbocycles. The Morgan fingerprint density at radius 1 is 1.10 bits per heavy atom. The van der Waals surface area contributed by atoms with Gasteiger partial charge in [-0.15, -0.1) is 0 Å². The molecule has 1 amide bonds. The number of pyridine rings is 1. The normalized spacial score (nSPS) is 17.8. The summed E-state index contributed by atoms with van der Waals surface area (Å²) in [6.45, 7) is 1.82.